The number of rotatable bonds is 7. The van der Waals surface area contributed by atoms with Crippen molar-refractivity contribution >= 4 is 81.4 Å². The summed E-state index contributed by atoms with van der Waals surface area (Å²) in [5.41, 5.74) is -0.840. The summed E-state index contributed by atoms with van der Waals surface area (Å²) in [6.45, 7) is 0. The van der Waals surface area contributed by atoms with Crippen LogP contribution in [0.4, 0.5) is 27.6 Å². The van der Waals surface area contributed by atoms with Crippen molar-refractivity contribution in [3.63, 3.8) is 0 Å². The van der Waals surface area contributed by atoms with Crippen molar-refractivity contribution in [2.24, 2.45) is 5.92 Å². The third kappa shape index (κ3) is 5.34. The molecule has 2 unspecified atom stereocenters. The Morgan fingerprint density at radius 3 is 2.26 bits per heavy atom. The van der Waals surface area contributed by atoms with Crippen LogP contribution in [0.15, 0.2) is 53.4 Å². The maximum atomic E-state index is 15.0. The van der Waals surface area contributed by atoms with Crippen molar-refractivity contribution in [1.29, 1.82) is 0 Å². The number of alkyl halides is 5. The molecule has 2 aromatic rings. The third-order valence-electron chi connectivity index (χ3n) is 7.08. The average molecular weight is 690 g/mol. The summed E-state index contributed by atoms with van der Waals surface area (Å²) in [5.74, 6) is -7.75. The zero-order chi connectivity index (χ0) is 30.8. The van der Waals surface area contributed by atoms with Crippen molar-refractivity contribution in [1.82, 2.24) is 10.6 Å². The van der Waals surface area contributed by atoms with Crippen molar-refractivity contribution in [3.05, 3.63) is 85.4 Å². The Morgan fingerprint density at radius 1 is 0.952 bits per heavy atom. The lowest BCUT2D eigenvalue weighted by Gasteiger charge is -2.41. The SMILES string of the molecule is O=C(NC1C(F)=C2C=C(C1F)[C@H]2NC(=O)C(F)F)c1cc(NC(=O)[C@H]2[C@H](c3ccc(Cl)c(Cl)c3)C2(Cl)Cl)cc(F)c1Cl. The van der Waals surface area contributed by atoms with Crippen molar-refractivity contribution in [2.75, 3.05) is 5.32 Å². The molecule has 0 aromatic heterocycles. The molecule has 4 aliphatic carbocycles. The Hall–Kier alpha value is -2.57. The zero-order valence-corrected chi connectivity index (χ0v) is 24.2. The van der Waals surface area contributed by atoms with E-state index < -0.39 is 80.8 Å². The number of hydrogen-bond acceptors (Lipinski definition) is 3. The quantitative estimate of drug-likeness (QED) is 0.224. The van der Waals surface area contributed by atoms with Gasteiger partial charge < -0.3 is 16.0 Å². The lowest BCUT2D eigenvalue weighted by atomic mass is 9.74. The Labute approximate surface area is 259 Å². The molecule has 2 bridgehead atoms. The smallest absolute Gasteiger partial charge is 0.315 e. The van der Waals surface area contributed by atoms with Gasteiger partial charge in [-0.2, -0.15) is 8.78 Å². The summed E-state index contributed by atoms with van der Waals surface area (Å²) in [7, 11) is 0. The second-order valence-corrected chi connectivity index (χ2v) is 12.3. The average Bonchev–Trinajstić information content (AvgIpc) is 3.49. The fraction of sp³-hybridized carbons (Fsp3) is 0.269. The van der Waals surface area contributed by atoms with E-state index in [4.69, 9.17) is 58.0 Å². The molecule has 1 fully saturated rings. The molecule has 0 saturated heterocycles. The molecule has 4 aliphatic rings. The lowest BCUT2D eigenvalue weighted by Crippen LogP contribution is -2.56. The maximum Gasteiger partial charge on any atom is 0.315 e. The number of hydrogen-bond donors (Lipinski definition) is 3. The van der Waals surface area contributed by atoms with Crippen molar-refractivity contribution in [3.8, 4) is 0 Å². The molecule has 0 heterocycles. The van der Waals surface area contributed by atoms with Crippen LogP contribution < -0.4 is 16.0 Å². The molecule has 16 heteroatoms. The van der Waals surface area contributed by atoms with Gasteiger partial charge in [0, 0.05) is 17.2 Å². The molecule has 6 rings (SSSR count). The minimum absolute atomic E-state index is 0.211. The van der Waals surface area contributed by atoms with Crippen LogP contribution >= 0.6 is 58.0 Å². The van der Waals surface area contributed by atoms with Gasteiger partial charge in [-0.25, -0.2) is 13.2 Å². The number of nitrogens with one attached hydrogen (secondary N) is 3. The van der Waals surface area contributed by atoms with Crippen LogP contribution in [0.3, 0.4) is 0 Å². The summed E-state index contributed by atoms with van der Waals surface area (Å²) in [4.78, 5) is 37.2. The molecule has 6 nitrogen and oxygen atoms in total. The van der Waals surface area contributed by atoms with Gasteiger partial charge >= 0.3 is 6.43 Å². The van der Waals surface area contributed by atoms with E-state index in [2.05, 4.69) is 5.32 Å². The number of carbonyl (C=O) groups is 3. The van der Waals surface area contributed by atoms with Crippen molar-refractivity contribution < 1.29 is 36.3 Å². The van der Waals surface area contributed by atoms with Gasteiger partial charge in [-0.1, -0.05) is 40.9 Å². The molecule has 42 heavy (non-hydrogen) atoms. The number of anilines is 1. The number of benzene rings is 2. The van der Waals surface area contributed by atoms with E-state index in [9.17, 15) is 31.9 Å². The largest absolute Gasteiger partial charge is 0.340 e. The van der Waals surface area contributed by atoms with Gasteiger partial charge in [-0.05, 0) is 41.5 Å². The van der Waals surface area contributed by atoms with Crippen LogP contribution in [0.2, 0.25) is 15.1 Å². The molecule has 1 saturated carbocycles. The topological polar surface area (TPSA) is 87.3 Å². The Bertz CT molecular complexity index is 1600. The number of amides is 3. The van der Waals surface area contributed by atoms with Crippen LogP contribution in [0, 0.1) is 11.7 Å². The first-order chi connectivity index (χ1) is 19.6. The van der Waals surface area contributed by atoms with Gasteiger partial charge in [0.1, 0.15) is 22.0 Å². The number of halogens is 10. The van der Waals surface area contributed by atoms with Crippen LogP contribution in [0.25, 0.3) is 0 Å². The summed E-state index contributed by atoms with van der Waals surface area (Å²) in [5, 5.41) is 6.04. The van der Waals surface area contributed by atoms with Gasteiger partial charge in [0.25, 0.3) is 11.8 Å². The zero-order valence-electron chi connectivity index (χ0n) is 20.4. The van der Waals surface area contributed by atoms with Gasteiger partial charge in [0.2, 0.25) is 5.91 Å². The summed E-state index contributed by atoms with van der Waals surface area (Å²) in [6.07, 6.45) is -4.62. The molecular weight excluding hydrogens is 675 g/mol. The van der Waals surface area contributed by atoms with E-state index in [-0.39, 0.29) is 26.9 Å². The van der Waals surface area contributed by atoms with E-state index >= 15 is 4.39 Å². The molecular formula is C26H15Cl5F5N3O3. The summed E-state index contributed by atoms with van der Waals surface area (Å²) in [6, 6.07) is 3.06. The van der Waals surface area contributed by atoms with Gasteiger partial charge in [0.15, 0.2) is 6.17 Å². The standard InChI is InChI=1S/C26H15Cl5F5N3O3/c27-12-2-1-7(3-13(12)28)15-16(26(15,30)31)24(41)37-8-4-9(17(29)14(32)5-8)23(40)39-21-18(33)10-6-11(19(21)34)20(10)38-25(42)22(35)36/h1-6,15-16,18,20-22H,(H,37,41)(H,38,42)(H,39,40)/t15-,16+,18?,20+,21?/m0/s1. The van der Waals surface area contributed by atoms with E-state index in [1.165, 1.54) is 12.1 Å². The first-order valence-electron chi connectivity index (χ1n) is 11.9. The highest BCUT2D eigenvalue weighted by molar-refractivity contribution is 6.53. The highest BCUT2D eigenvalue weighted by Crippen LogP contribution is 2.65. The van der Waals surface area contributed by atoms with Gasteiger partial charge in [-0.15, -0.1) is 23.2 Å². The van der Waals surface area contributed by atoms with E-state index in [0.717, 1.165) is 18.2 Å². The molecule has 2 aromatic carbocycles. The molecule has 0 spiro atoms. The second kappa shape index (κ2) is 11.2. The normalized spacial score (nSPS) is 25.4. The monoisotopic (exact) mass is 687 g/mol. The summed E-state index contributed by atoms with van der Waals surface area (Å²) >= 11 is 30.6. The summed E-state index contributed by atoms with van der Waals surface area (Å²) < 4.78 is 68.3. The number of fused-ring (bicyclic) bond motifs is 2. The van der Waals surface area contributed by atoms with Crippen LogP contribution in [0.1, 0.15) is 21.8 Å². The van der Waals surface area contributed by atoms with Crippen LogP contribution in [-0.4, -0.2) is 46.7 Å². The molecule has 0 radical (unpaired) electrons. The van der Waals surface area contributed by atoms with Crippen LogP contribution in [0.5, 0.6) is 0 Å². The fourth-order valence-corrected chi connectivity index (χ4v) is 6.25. The second-order valence-electron chi connectivity index (χ2n) is 9.66. The minimum Gasteiger partial charge on any atom is -0.340 e. The van der Waals surface area contributed by atoms with Crippen LogP contribution in [-0.2, 0) is 9.59 Å². The first kappa shape index (κ1) is 30.9. The molecule has 3 amide bonds. The highest BCUT2D eigenvalue weighted by atomic mass is 35.5. The Balaban J connectivity index is 1.32. The predicted molar refractivity (Wildman–Crippen MR) is 147 cm³/mol. The highest BCUT2D eigenvalue weighted by Gasteiger charge is 2.67. The van der Waals surface area contributed by atoms with Crippen molar-refractivity contribution in [2.45, 2.75) is 34.9 Å². The lowest BCUT2D eigenvalue weighted by molar-refractivity contribution is -0.132. The maximum absolute atomic E-state index is 15.0. The molecule has 0 aliphatic heterocycles. The third-order valence-corrected chi connectivity index (χ3v) is 9.14. The molecule has 222 valence electrons. The van der Waals surface area contributed by atoms with Gasteiger partial charge in [0.05, 0.1) is 32.6 Å². The Kier molecular flexibility index (Phi) is 8.21. The first-order valence-corrected chi connectivity index (χ1v) is 13.8. The Morgan fingerprint density at radius 2 is 1.64 bits per heavy atom. The van der Waals surface area contributed by atoms with Gasteiger partial charge in [-0.3, -0.25) is 14.4 Å². The van der Waals surface area contributed by atoms with E-state index in [0.29, 0.717) is 5.56 Å². The molecule has 5 atom stereocenters. The van der Waals surface area contributed by atoms with E-state index in [1.807, 2.05) is 10.6 Å². The number of carbonyl (C=O) groups excluding carboxylic acids is 3. The molecule has 3 N–H and O–H groups in total. The predicted octanol–water partition coefficient (Wildman–Crippen LogP) is 6.68. The minimum atomic E-state index is -3.40. The fourth-order valence-electron chi connectivity index (χ4n) is 4.92. The van der Waals surface area contributed by atoms with E-state index in [1.54, 1.807) is 6.07 Å².